The van der Waals surface area contributed by atoms with Gasteiger partial charge in [0.2, 0.25) is 0 Å². The highest BCUT2D eigenvalue weighted by Gasteiger charge is 2.35. The van der Waals surface area contributed by atoms with E-state index in [4.69, 9.17) is 4.74 Å². The van der Waals surface area contributed by atoms with Crippen molar-refractivity contribution in [1.82, 2.24) is 4.90 Å². The van der Waals surface area contributed by atoms with Gasteiger partial charge in [0.15, 0.2) is 5.84 Å². The zero-order valence-corrected chi connectivity index (χ0v) is 16.5. The lowest BCUT2D eigenvalue weighted by molar-refractivity contribution is -0.151. The SMILES string of the molecule is Cc1ccccc1COC(=O)[C@H]1CCCN(C2=NS(=O)(=O)c3ccccc32)C1. The molecule has 0 N–H and O–H groups in total. The van der Waals surface area contributed by atoms with Crippen LogP contribution in [-0.2, 0) is 26.2 Å². The zero-order valence-electron chi connectivity index (χ0n) is 15.7. The van der Waals surface area contributed by atoms with Gasteiger partial charge >= 0.3 is 5.97 Å². The van der Waals surface area contributed by atoms with Crippen molar-refractivity contribution in [1.29, 1.82) is 0 Å². The molecule has 2 aliphatic heterocycles. The Labute approximate surface area is 164 Å². The lowest BCUT2D eigenvalue weighted by Gasteiger charge is -2.33. The summed E-state index contributed by atoms with van der Waals surface area (Å²) in [6, 6.07) is 14.6. The van der Waals surface area contributed by atoms with E-state index in [1.54, 1.807) is 24.3 Å². The van der Waals surface area contributed by atoms with Gasteiger partial charge in [-0.15, -0.1) is 4.40 Å². The quantitative estimate of drug-likeness (QED) is 0.743. The number of sulfonamides is 1. The Hall–Kier alpha value is -2.67. The van der Waals surface area contributed by atoms with Crippen molar-refractivity contribution in [2.75, 3.05) is 13.1 Å². The molecule has 0 unspecified atom stereocenters. The second kappa shape index (κ2) is 7.39. The Balaban J connectivity index is 1.47. The Bertz CT molecular complexity index is 1050. The number of ether oxygens (including phenoxy) is 1. The molecule has 1 atom stereocenters. The molecule has 0 spiro atoms. The number of likely N-dealkylation sites (tertiary alicyclic amines) is 1. The fourth-order valence-corrected chi connectivity index (χ4v) is 4.94. The predicted molar refractivity (Wildman–Crippen MR) is 105 cm³/mol. The van der Waals surface area contributed by atoms with Crippen molar-refractivity contribution in [3.05, 3.63) is 65.2 Å². The van der Waals surface area contributed by atoms with E-state index in [9.17, 15) is 13.2 Å². The van der Waals surface area contributed by atoms with Crippen molar-refractivity contribution >= 4 is 21.8 Å². The van der Waals surface area contributed by atoms with Crippen LogP contribution >= 0.6 is 0 Å². The molecule has 0 bridgehead atoms. The molecule has 146 valence electrons. The summed E-state index contributed by atoms with van der Waals surface area (Å²) in [6.07, 6.45) is 1.51. The normalized spacial score (nSPS) is 20.4. The molecule has 0 aromatic heterocycles. The van der Waals surface area contributed by atoms with Crippen LogP contribution in [0.1, 0.15) is 29.5 Å². The summed E-state index contributed by atoms with van der Waals surface area (Å²) >= 11 is 0. The summed E-state index contributed by atoms with van der Waals surface area (Å²) in [5.74, 6) is -0.106. The maximum absolute atomic E-state index is 12.6. The summed E-state index contributed by atoms with van der Waals surface area (Å²) in [5.41, 5.74) is 2.68. The third-order valence-corrected chi connectivity index (χ3v) is 6.62. The molecular formula is C21H22N2O4S. The number of aryl methyl sites for hydroxylation is 1. The van der Waals surface area contributed by atoms with Crippen LogP contribution in [0.4, 0.5) is 0 Å². The Morgan fingerprint density at radius 3 is 2.75 bits per heavy atom. The van der Waals surface area contributed by atoms with E-state index in [1.807, 2.05) is 36.1 Å². The molecule has 2 aliphatic rings. The molecule has 7 heteroatoms. The number of rotatable bonds is 3. The first kappa shape index (κ1) is 18.7. The van der Waals surface area contributed by atoms with Crippen molar-refractivity contribution in [3.8, 4) is 0 Å². The van der Waals surface area contributed by atoms with Crippen LogP contribution in [0.2, 0.25) is 0 Å². The average molecular weight is 398 g/mol. The molecule has 1 fully saturated rings. The fraction of sp³-hybridized carbons (Fsp3) is 0.333. The van der Waals surface area contributed by atoms with Crippen molar-refractivity contribution in [2.24, 2.45) is 10.3 Å². The van der Waals surface area contributed by atoms with Crippen LogP contribution in [-0.4, -0.2) is 38.2 Å². The molecule has 2 aromatic carbocycles. The molecule has 4 rings (SSSR count). The lowest BCUT2D eigenvalue weighted by atomic mass is 9.97. The van der Waals surface area contributed by atoms with E-state index in [2.05, 4.69) is 4.40 Å². The van der Waals surface area contributed by atoms with Crippen LogP contribution < -0.4 is 0 Å². The maximum atomic E-state index is 12.6. The summed E-state index contributed by atoms with van der Waals surface area (Å²) in [5, 5.41) is 0. The molecule has 1 saturated heterocycles. The third-order valence-electron chi connectivity index (χ3n) is 5.30. The van der Waals surface area contributed by atoms with Gasteiger partial charge in [-0.25, -0.2) is 0 Å². The summed E-state index contributed by atoms with van der Waals surface area (Å²) in [6.45, 7) is 3.32. The average Bonchev–Trinajstić information content (AvgIpc) is 2.99. The molecule has 2 aromatic rings. The smallest absolute Gasteiger partial charge is 0.311 e. The van der Waals surface area contributed by atoms with E-state index in [1.165, 1.54) is 0 Å². The second-order valence-electron chi connectivity index (χ2n) is 7.21. The number of benzene rings is 2. The van der Waals surface area contributed by atoms with Gasteiger partial charge in [0.05, 0.1) is 5.92 Å². The first-order valence-electron chi connectivity index (χ1n) is 9.36. The van der Waals surface area contributed by atoms with Gasteiger partial charge in [0.1, 0.15) is 11.5 Å². The van der Waals surface area contributed by atoms with Crippen LogP contribution in [0.25, 0.3) is 0 Å². The Morgan fingerprint density at radius 2 is 1.93 bits per heavy atom. The number of carbonyl (C=O) groups is 1. The van der Waals surface area contributed by atoms with Gasteiger partial charge in [-0.1, -0.05) is 36.4 Å². The molecule has 0 aliphatic carbocycles. The monoisotopic (exact) mass is 398 g/mol. The molecule has 0 amide bonds. The number of piperidine rings is 1. The van der Waals surface area contributed by atoms with Crippen molar-refractivity contribution in [2.45, 2.75) is 31.3 Å². The number of carbonyl (C=O) groups excluding carboxylic acids is 1. The molecule has 28 heavy (non-hydrogen) atoms. The van der Waals surface area contributed by atoms with E-state index < -0.39 is 10.0 Å². The second-order valence-corrected chi connectivity index (χ2v) is 8.78. The van der Waals surface area contributed by atoms with Crippen LogP contribution in [0.3, 0.4) is 0 Å². The highest BCUT2D eigenvalue weighted by molar-refractivity contribution is 7.90. The highest BCUT2D eigenvalue weighted by Crippen LogP contribution is 2.30. The fourth-order valence-electron chi connectivity index (χ4n) is 3.72. The number of hydrogen-bond donors (Lipinski definition) is 0. The summed E-state index contributed by atoms with van der Waals surface area (Å²) in [7, 11) is -3.66. The maximum Gasteiger partial charge on any atom is 0.311 e. The van der Waals surface area contributed by atoms with Crippen LogP contribution in [0.5, 0.6) is 0 Å². The Kier molecular flexibility index (Phi) is 4.93. The lowest BCUT2D eigenvalue weighted by Crippen LogP contribution is -2.42. The number of fused-ring (bicyclic) bond motifs is 1. The van der Waals surface area contributed by atoms with E-state index in [0.29, 0.717) is 24.5 Å². The predicted octanol–water partition coefficient (Wildman–Crippen LogP) is 2.90. The number of hydrogen-bond acceptors (Lipinski definition) is 5. The summed E-state index contributed by atoms with van der Waals surface area (Å²) < 4.78 is 34.1. The largest absolute Gasteiger partial charge is 0.461 e. The van der Waals surface area contributed by atoms with Crippen molar-refractivity contribution in [3.63, 3.8) is 0 Å². The minimum absolute atomic E-state index is 0.231. The minimum Gasteiger partial charge on any atom is -0.461 e. The standard InChI is InChI=1S/C21H22N2O4S/c1-15-7-2-3-8-17(15)14-27-21(24)16-9-6-12-23(13-16)20-18-10-4-5-11-19(18)28(25,26)22-20/h2-5,7-8,10-11,16H,6,9,12-14H2,1H3/t16-/m0/s1. The van der Waals surface area contributed by atoms with Gasteiger partial charge in [-0.05, 0) is 43.0 Å². The molecule has 6 nitrogen and oxygen atoms in total. The van der Waals surface area contributed by atoms with Crippen LogP contribution in [0, 0.1) is 12.8 Å². The molecule has 0 radical (unpaired) electrons. The van der Waals surface area contributed by atoms with Crippen LogP contribution in [0.15, 0.2) is 57.8 Å². The highest BCUT2D eigenvalue weighted by atomic mass is 32.2. The third kappa shape index (κ3) is 3.54. The number of esters is 1. The van der Waals surface area contributed by atoms with E-state index in [-0.39, 0.29) is 23.4 Å². The topological polar surface area (TPSA) is 76.0 Å². The first-order chi connectivity index (χ1) is 13.5. The van der Waals surface area contributed by atoms with E-state index >= 15 is 0 Å². The number of amidine groups is 1. The zero-order chi connectivity index (χ0) is 19.7. The van der Waals surface area contributed by atoms with E-state index in [0.717, 1.165) is 24.0 Å². The van der Waals surface area contributed by atoms with Gasteiger partial charge in [0, 0.05) is 18.7 Å². The molecular weight excluding hydrogens is 376 g/mol. The van der Waals surface area contributed by atoms with Crippen molar-refractivity contribution < 1.29 is 17.9 Å². The van der Waals surface area contributed by atoms with Gasteiger partial charge < -0.3 is 9.64 Å². The van der Waals surface area contributed by atoms with Gasteiger partial charge in [-0.2, -0.15) is 8.42 Å². The van der Waals surface area contributed by atoms with Gasteiger partial charge in [0.25, 0.3) is 10.0 Å². The molecule has 0 saturated carbocycles. The molecule has 2 heterocycles. The first-order valence-corrected chi connectivity index (χ1v) is 10.8. The Morgan fingerprint density at radius 1 is 1.18 bits per heavy atom. The summed E-state index contributed by atoms with van der Waals surface area (Å²) in [4.78, 5) is 14.7. The van der Waals surface area contributed by atoms with Gasteiger partial charge in [-0.3, -0.25) is 4.79 Å². The minimum atomic E-state index is -3.66. The number of nitrogens with zero attached hydrogens (tertiary/aromatic N) is 2.